The summed E-state index contributed by atoms with van der Waals surface area (Å²) < 4.78 is 18.5. The highest BCUT2D eigenvalue weighted by Crippen LogP contribution is 2.34. The molecule has 2 aliphatic heterocycles. The third kappa shape index (κ3) is 2.57. The van der Waals surface area contributed by atoms with Gasteiger partial charge in [-0.3, -0.25) is 9.79 Å². The maximum Gasteiger partial charge on any atom is 0.196 e. The van der Waals surface area contributed by atoms with E-state index in [0.29, 0.717) is 30.1 Å². The molecule has 0 saturated heterocycles. The number of hydrogen-bond acceptors (Lipinski definition) is 5. The zero-order valence-electron chi connectivity index (χ0n) is 15.1. The maximum atomic E-state index is 13.2. The van der Waals surface area contributed by atoms with Crippen LogP contribution in [0, 0.1) is 5.82 Å². The third-order valence-electron chi connectivity index (χ3n) is 5.02. The van der Waals surface area contributed by atoms with Crippen molar-refractivity contribution in [3.05, 3.63) is 71.0 Å². The number of anilines is 1. The zero-order valence-corrected chi connectivity index (χ0v) is 15.1. The second-order valence-electron chi connectivity index (χ2n) is 6.71. The number of halogens is 1. The van der Waals surface area contributed by atoms with Gasteiger partial charge in [0.25, 0.3) is 0 Å². The first-order chi connectivity index (χ1) is 13.6. The normalized spacial score (nSPS) is 15.0. The van der Waals surface area contributed by atoms with Crippen molar-refractivity contribution in [2.45, 2.75) is 0 Å². The van der Waals surface area contributed by atoms with Gasteiger partial charge in [0.2, 0.25) is 0 Å². The molecule has 0 bridgehead atoms. The van der Waals surface area contributed by atoms with Gasteiger partial charge in [-0.25, -0.2) is 9.37 Å². The molecule has 3 aromatic rings. The molecule has 3 heterocycles. The Morgan fingerprint density at radius 1 is 1.14 bits per heavy atom. The number of carbonyl (C=O) groups excluding carboxylic acids is 1. The van der Waals surface area contributed by atoms with Crippen molar-refractivity contribution in [2.24, 2.45) is 4.99 Å². The highest BCUT2D eigenvalue weighted by Gasteiger charge is 2.33. The van der Waals surface area contributed by atoms with Gasteiger partial charge in [0.1, 0.15) is 23.2 Å². The summed E-state index contributed by atoms with van der Waals surface area (Å²) in [5.74, 6) is 1.62. The minimum atomic E-state index is -0.371. The van der Waals surface area contributed by atoms with E-state index in [9.17, 15) is 9.18 Å². The monoisotopic (exact) mass is 373 g/mol. The lowest BCUT2D eigenvalue weighted by Gasteiger charge is -2.27. The lowest BCUT2D eigenvalue weighted by atomic mass is 9.96. The average Bonchev–Trinajstić information content (AvgIpc) is 3.21. The molecule has 0 atom stereocenters. The standard InChI is InChI=1S/C22H16FN3O2/c1-28-17-6-7-19-14(11-17)10-15-12-18(20(27)13-2-4-16(23)5-3-13)22-24-8-9-26(22)21(15)25-19/h2-7,10-12H,8-9H2,1H3. The number of fused-ring (bicyclic) bond motifs is 4. The number of carbonyl (C=O) groups is 1. The van der Waals surface area contributed by atoms with E-state index in [2.05, 4.69) is 4.99 Å². The number of nitrogens with zero attached hydrogens (tertiary/aromatic N) is 3. The Balaban J connectivity index is 1.66. The first kappa shape index (κ1) is 16.6. The Morgan fingerprint density at radius 2 is 1.96 bits per heavy atom. The quantitative estimate of drug-likeness (QED) is 0.654. The fourth-order valence-corrected chi connectivity index (χ4v) is 3.64. The van der Waals surface area contributed by atoms with Gasteiger partial charge in [0.15, 0.2) is 5.78 Å². The Bertz CT molecular complexity index is 1180. The number of rotatable bonds is 3. The second-order valence-corrected chi connectivity index (χ2v) is 6.71. The summed E-state index contributed by atoms with van der Waals surface area (Å²) in [5, 5.41) is 0.933. The van der Waals surface area contributed by atoms with E-state index >= 15 is 0 Å². The van der Waals surface area contributed by atoms with Gasteiger partial charge in [-0.05, 0) is 54.6 Å². The Morgan fingerprint density at radius 3 is 2.75 bits per heavy atom. The molecule has 0 radical (unpaired) electrons. The minimum absolute atomic E-state index is 0.179. The van der Waals surface area contributed by atoms with Crippen molar-refractivity contribution in [1.29, 1.82) is 0 Å². The molecule has 5 nitrogen and oxygen atoms in total. The second kappa shape index (κ2) is 6.27. The molecule has 138 valence electrons. The zero-order chi connectivity index (χ0) is 19.3. The fraction of sp³-hybridized carbons (Fsp3) is 0.136. The average molecular weight is 373 g/mol. The molecule has 0 amide bonds. The Labute approximate surface area is 160 Å². The molecule has 2 aromatic carbocycles. The molecule has 0 fully saturated rings. The van der Waals surface area contributed by atoms with Gasteiger partial charge in [-0.15, -0.1) is 0 Å². The number of benzene rings is 2. The van der Waals surface area contributed by atoms with E-state index in [-0.39, 0.29) is 11.6 Å². The van der Waals surface area contributed by atoms with Crippen LogP contribution in [-0.2, 0) is 0 Å². The highest BCUT2D eigenvalue weighted by molar-refractivity contribution is 6.35. The van der Waals surface area contributed by atoms with Crippen LogP contribution < -0.4 is 9.64 Å². The van der Waals surface area contributed by atoms with Gasteiger partial charge in [-0.1, -0.05) is 0 Å². The maximum absolute atomic E-state index is 13.2. The number of pyridine rings is 1. The van der Waals surface area contributed by atoms with Gasteiger partial charge in [0.05, 0.1) is 24.7 Å². The molecule has 0 N–H and O–H groups in total. The van der Waals surface area contributed by atoms with Gasteiger partial charge in [-0.2, -0.15) is 0 Å². The molecule has 5 rings (SSSR count). The predicted octanol–water partition coefficient (Wildman–Crippen LogP) is 3.88. The van der Waals surface area contributed by atoms with Crippen LogP contribution in [0.2, 0.25) is 0 Å². The van der Waals surface area contributed by atoms with Crippen LogP contribution in [0.1, 0.15) is 15.9 Å². The number of Topliss-reactive ketones (excluding diaryl/α,β-unsaturated/α-hetero) is 1. The molecular weight excluding hydrogens is 357 g/mol. The topological polar surface area (TPSA) is 54.8 Å². The summed E-state index contributed by atoms with van der Waals surface area (Å²) >= 11 is 0. The first-order valence-electron chi connectivity index (χ1n) is 8.97. The van der Waals surface area contributed by atoms with Crippen molar-refractivity contribution in [3.63, 3.8) is 0 Å². The highest BCUT2D eigenvalue weighted by atomic mass is 19.1. The summed E-state index contributed by atoms with van der Waals surface area (Å²) in [6, 6.07) is 13.3. The van der Waals surface area contributed by atoms with E-state index in [1.807, 2.05) is 35.2 Å². The molecule has 1 aromatic heterocycles. The number of aliphatic imine (C=N–C) groups is 1. The lowest BCUT2D eigenvalue weighted by Crippen LogP contribution is -2.35. The molecule has 0 saturated carbocycles. The van der Waals surface area contributed by atoms with Gasteiger partial charge in [0, 0.05) is 23.1 Å². The van der Waals surface area contributed by atoms with Crippen LogP contribution in [0.5, 0.6) is 5.75 Å². The van der Waals surface area contributed by atoms with Gasteiger partial charge >= 0.3 is 0 Å². The lowest BCUT2D eigenvalue weighted by molar-refractivity contribution is 0.104. The van der Waals surface area contributed by atoms with Crippen LogP contribution in [0.15, 0.2) is 59.1 Å². The number of methoxy groups -OCH3 is 1. The largest absolute Gasteiger partial charge is 0.497 e. The minimum Gasteiger partial charge on any atom is -0.497 e. The molecule has 2 aliphatic rings. The van der Waals surface area contributed by atoms with E-state index in [0.717, 1.165) is 28.0 Å². The molecule has 0 aliphatic carbocycles. The summed E-state index contributed by atoms with van der Waals surface area (Å²) in [4.78, 5) is 24.4. The van der Waals surface area contributed by atoms with Crippen molar-refractivity contribution in [3.8, 4) is 5.75 Å². The molecule has 0 spiro atoms. The van der Waals surface area contributed by atoms with Crippen molar-refractivity contribution < 1.29 is 13.9 Å². The van der Waals surface area contributed by atoms with E-state index in [1.165, 1.54) is 24.3 Å². The number of aromatic nitrogens is 1. The predicted molar refractivity (Wildman–Crippen MR) is 107 cm³/mol. The summed E-state index contributed by atoms with van der Waals surface area (Å²) in [6.07, 6.45) is 1.83. The SMILES string of the molecule is COc1ccc2nc3c(cc2c1)C=C(C(=O)c1ccc(F)cc1)C1=NCCN13. The number of hydrogen-bond donors (Lipinski definition) is 0. The molecule has 6 heteroatoms. The number of amidine groups is 1. The Kier molecular flexibility index (Phi) is 3.72. The molecule has 0 unspecified atom stereocenters. The Hall–Kier alpha value is -3.54. The third-order valence-corrected chi connectivity index (χ3v) is 5.02. The van der Waals surface area contributed by atoms with E-state index in [4.69, 9.17) is 9.72 Å². The summed E-state index contributed by atoms with van der Waals surface area (Å²) in [6.45, 7) is 1.27. The molecular formula is C22H16FN3O2. The fourth-order valence-electron chi connectivity index (χ4n) is 3.64. The van der Waals surface area contributed by atoms with E-state index < -0.39 is 0 Å². The smallest absolute Gasteiger partial charge is 0.196 e. The summed E-state index contributed by atoms with van der Waals surface area (Å²) in [5.41, 5.74) is 2.64. The summed E-state index contributed by atoms with van der Waals surface area (Å²) in [7, 11) is 1.62. The van der Waals surface area contributed by atoms with Crippen molar-refractivity contribution in [2.75, 3.05) is 25.1 Å². The first-order valence-corrected chi connectivity index (χ1v) is 8.97. The van der Waals surface area contributed by atoms with Crippen LogP contribution in [0.4, 0.5) is 10.2 Å². The van der Waals surface area contributed by atoms with Crippen LogP contribution >= 0.6 is 0 Å². The van der Waals surface area contributed by atoms with Crippen molar-refractivity contribution >= 4 is 34.4 Å². The van der Waals surface area contributed by atoms with E-state index in [1.54, 1.807) is 7.11 Å². The van der Waals surface area contributed by atoms with Crippen LogP contribution in [-0.4, -0.2) is 36.8 Å². The number of ketones is 1. The van der Waals surface area contributed by atoms with Crippen molar-refractivity contribution in [1.82, 2.24) is 4.98 Å². The molecule has 28 heavy (non-hydrogen) atoms. The number of ether oxygens (including phenoxy) is 1. The van der Waals surface area contributed by atoms with Crippen LogP contribution in [0.25, 0.3) is 17.0 Å². The van der Waals surface area contributed by atoms with Crippen LogP contribution in [0.3, 0.4) is 0 Å². The van der Waals surface area contributed by atoms with Gasteiger partial charge < -0.3 is 9.64 Å².